The fraction of sp³-hybridized carbons (Fsp3) is 0.613. The molecule has 3 nitrogen and oxygen atoms in total. The summed E-state index contributed by atoms with van der Waals surface area (Å²) in [5.74, 6) is 3.32. The molecule has 4 heteroatoms. The first-order valence-electron chi connectivity index (χ1n) is 13.6. The molecule has 0 heterocycles. The number of halogens is 1. The summed E-state index contributed by atoms with van der Waals surface area (Å²) in [6.45, 7) is 18.5. The normalized spacial score (nSPS) is 12.7. The van der Waals surface area contributed by atoms with Gasteiger partial charge in [0.25, 0.3) is 0 Å². The third kappa shape index (κ3) is 9.69. The lowest BCUT2D eigenvalue weighted by molar-refractivity contribution is 0.222. The molecule has 0 spiro atoms. The molecular formula is C31H48ClNO2. The number of aryl methyl sites for hydroxylation is 1. The van der Waals surface area contributed by atoms with Gasteiger partial charge in [-0.3, -0.25) is 0 Å². The van der Waals surface area contributed by atoms with Gasteiger partial charge in [0.1, 0.15) is 11.5 Å². The number of hydrogen-bond acceptors (Lipinski definition) is 3. The average molecular weight is 502 g/mol. The van der Waals surface area contributed by atoms with E-state index in [1.165, 1.54) is 43.5 Å². The van der Waals surface area contributed by atoms with E-state index in [4.69, 9.17) is 21.1 Å². The third-order valence-electron chi connectivity index (χ3n) is 7.07. The number of nitrogens with zero attached hydrogens (tertiary/aromatic N) is 1. The highest BCUT2D eigenvalue weighted by molar-refractivity contribution is 6.17. The highest BCUT2D eigenvalue weighted by Crippen LogP contribution is 2.34. The van der Waals surface area contributed by atoms with Crippen molar-refractivity contribution in [3.05, 3.63) is 59.2 Å². The number of rotatable bonds is 17. The zero-order valence-electron chi connectivity index (χ0n) is 23.0. The van der Waals surface area contributed by atoms with Crippen molar-refractivity contribution >= 4 is 11.6 Å². The van der Waals surface area contributed by atoms with Crippen LogP contribution in [0.3, 0.4) is 0 Å². The van der Waals surface area contributed by atoms with Gasteiger partial charge in [-0.05, 0) is 86.5 Å². The van der Waals surface area contributed by atoms with Crippen molar-refractivity contribution in [2.75, 3.05) is 38.7 Å². The molecule has 1 atom stereocenters. The topological polar surface area (TPSA) is 21.7 Å². The van der Waals surface area contributed by atoms with Gasteiger partial charge in [0.05, 0.1) is 13.2 Å². The Labute approximate surface area is 220 Å². The van der Waals surface area contributed by atoms with Gasteiger partial charge in [-0.1, -0.05) is 65.3 Å². The van der Waals surface area contributed by atoms with Crippen molar-refractivity contribution in [1.82, 2.24) is 4.90 Å². The van der Waals surface area contributed by atoms with Crippen molar-refractivity contribution in [1.29, 1.82) is 0 Å². The fourth-order valence-electron chi connectivity index (χ4n) is 4.31. The Kier molecular flexibility index (Phi) is 13.0. The molecule has 0 aliphatic rings. The Bertz CT molecular complexity index is 850. The van der Waals surface area contributed by atoms with Crippen LogP contribution >= 0.6 is 11.6 Å². The van der Waals surface area contributed by atoms with Gasteiger partial charge in [0.15, 0.2) is 0 Å². The van der Waals surface area contributed by atoms with Crippen LogP contribution < -0.4 is 9.47 Å². The van der Waals surface area contributed by atoms with Gasteiger partial charge >= 0.3 is 0 Å². The Hall–Kier alpha value is -1.71. The molecule has 196 valence electrons. The monoisotopic (exact) mass is 501 g/mol. The molecule has 0 aliphatic carbocycles. The minimum atomic E-state index is -0.103. The largest absolute Gasteiger partial charge is 0.494 e. The van der Waals surface area contributed by atoms with Crippen LogP contribution in [-0.2, 0) is 5.41 Å². The summed E-state index contributed by atoms with van der Waals surface area (Å²) in [7, 11) is 0. The Morgan fingerprint density at radius 2 is 1.57 bits per heavy atom. The summed E-state index contributed by atoms with van der Waals surface area (Å²) < 4.78 is 11.9. The summed E-state index contributed by atoms with van der Waals surface area (Å²) in [5.41, 5.74) is 3.61. The predicted octanol–water partition coefficient (Wildman–Crippen LogP) is 8.25. The summed E-state index contributed by atoms with van der Waals surface area (Å²) in [5, 5.41) is 0. The van der Waals surface area contributed by atoms with E-state index in [1.807, 2.05) is 0 Å². The molecule has 0 saturated heterocycles. The van der Waals surface area contributed by atoms with E-state index in [0.29, 0.717) is 12.5 Å². The highest BCUT2D eigenvalue weighted by atomic mass is 35.5. The third-order valence-corrected chi connectivity index (χ3v) is 7.34. The van der Waals surface area contributed by atoms with E-state index in [0.717, 1.165) is 49.0 Å². The van der Waals surface area contributed by atoms with Gasteiger partial charge in [0.2, 0.25) is 0 Å². The van der Waals surface area contributed by atoms with E-state index < -0.39 is 0 Å². The standard InChI is InChI=1S/C31H48ClNO2/c1-7-19-33(21-17-25(3)8-2)20-10-23-34-29-14-11-27(12-15-29)31(5,6)28-13-16-30(26(4)24-28)35-22-9-18-32/h11-16,24-25H,7-10,17-23H2,1-6H3. The quantitative estimate of drug-likeness (QED) is 0.161. The number of benzene rings is 2. The van der Waals surface area contributed by atoms with E-state index in [-0.39, 0.29) is 5.41 Å². The summed E-state index contributed by atoms with van der Waals surface area (Å²) in [6, 6.07) is 15.1. The summed E-state index contributed by atoms with van der Waals surface area (Å²) in [6.07, 6.45) is 5.69. The number of ether oxygens (including phenoxy) is 2. The molecule has 0 saturated carbocycles. The van der Waals surface area contributed by atoms with Gasteiger partial charge in [-0.2, -0.15) is 0 Å². The predicted molar refractivity (Wildman–Crippen MR) is 151 cm³/mol. The zero-order chi connectivity index (χ0) is 25.7. The first kappa shape index (κ1) is 29.5. The molecule has 1 unspecified atom stereocenters. The second kappa shape index (κ2) is 15.4. The first-order valence-corrected chi connectivity index (χ1v) is 14.1. The van der Waals surface area contributed by atoms with Crippen molar-refractivity contribution in [2.45, 2.75) is 79.1 Å². The lowest BCUT2D eigenvalue weighted by Gasteiger charge is -2.27. The van der Waals surface area contributed by atoms with Crippen LogP contribution in [0.5, 0.6) is 11.5 Å². The molecule has 2 aromatic carbocycles. The van der Waals surface area contributed by atoms with Crippen molar-refractivity contribution < 1.29 is 9.47 Å². The highest BCUT2D eigenvalue weighted by Gasteiger charge is 2.24. The van der Waals surface area contributed by atoms with Crippen LogP contribution in [-0.4, -0.2) is 43.6 Å². The second-order valence-corrected chi connectivity index (χ2v) is 10.7. The fourth-order valence-corrected chi connectivity index (χ4v) is 4.42. The molecule has 0 radical (unpaired) electrons. The Morgan fingerprint density at radius 1 is 0.886 bits per heavy atom. The molecule has 2 rings (SSSR count). The molecule has 0 N–H and O–H groups in total. The number of hydrogen-bond donors (Lipinski definition) is 0. The maximum atomic E-state index is 6.08. The van der Waals surface area contributed by atoms with Crippen LogP contribution in [0.4, 0.5) is 0 Å². The average Bonchev–Trinajstić information content (AvgIpc) is 2.86. The first-order chi connectivity index (χ1) is 16.8. The Morgan fingerprint density at radius 3 is 2.20 bits per heavy atom. The number of alkyl halides is 1. The molecule has 0 aromatic heterocycles. The molecule has 35 heavy (non-hydrogen) atoms. The maximum absolute atomic E-state index is 6.08. The minimum absolute atomic E-state index is 0.103. The van der Waals surface area contributed by atoms with E-state index in [2.05, 4.69) is 88.9 Å². The lowest BCUT2D eigenvalue weighted by atomic mass is 9.77. The van der Waals surface area contributed by atoms with Crippen LogP contribution in [0.2, 0.25) is 0 Å². The van der Waals surface area contributed by atoms with Crippen molar-refractivity contribution in [3.8, 4) is 11.5 Å². The van der Waals surface area contributed by atoms with Crippen molar-refractivity contribution in [3.63, 3.8) is 0 Å². The summed E-state index contributed by atoms with van der Waals surface area (Å²) in [4.78, 5) is 2.59. The smallest absolute Gasteiger partial charge is 0.122 e. The van der Waals surface area contributed by atoms with Crippen LogP contribution in [0.25, 0.3) is 0 Å². The molecule has 0 amide bonds. The van der Waals surface area contributed by atoms with E-state index in [1.54, 1.807) is 0 Å². The van der Waals surface area contributed by atoms with E-state index in [9.17, 15) is 0 Å². The lowest BCUT2D eigenvalue weighted by Crippen LogP contribution is -2.29. The molecule has 0 bridgehead atoms. The minimum Gasteiger partial charge on any atom is -0.494 e. The van der Waals surface area contributed by atoms with Crippen LogP contribution in [0.15, 0.2) is 42.5 Å². The van der Waals surface area contributed by atoms with Crippen molar-refractivity contribution in [2.24, 2.45) is 5.92 Å². The summed E-state index contributed by atoms with van der Waals surface area (Å²) >= 11 is 5.77. The van der Waals surface area contributed by atoms with Gasteiger partial charge < -0.3 is 14.4 Å². The van der Waals surface area contributed by atoms with Crippen LogP contribution in [0.1, 0.15) is 83.4 Å². The Balaban J connectivity index is 1.89. The molecule has 0 fully saturated rings. The molecule has 2 aromatic rings. The van der Waals surface area contributed by atoms with Gasteiger partial charge in [-0.25, -0.2) is 0 Å². The molecule has 0 aliphatic heterocycles. The second-order valence-electron chi connectivity index (χ2n) is 10.4. The maximum Gasteiger partial charge on any atom is 0.122 e. The SMILES string of the molecule is CCCN(CCCOc1ccc(C(C)(C)c2ccc(OCCCCl)c(C)c2)cc1)CCC(C)CC. The van der Waals surface area contributed by atoms with Crippen LogP contribution in [0, 0.1) is 12.8 Å². The zero-order valence-corrected chi connectivity index (χ0v) is 23.8. The van der Waals surface area contributed by atoms with Gasteiger partial charge in [0, 0.05) is 17.8 Å². The van der Waals surface area contributed by atoms with E-state index >= 15 is 0 Å². The molecular weight excluding hydrogens is 454 g/mol. The van der Waals surface area contributed by atoms with Gasteiger partial charge in [-0.15, -0.1) is 11.6 Å².